The van der Waals surface area contributed by atoms with Crippen LogP contribution in [0.3, 0.4) is 0 Å². The van der Waals surface area contributed by atoms with Gasteiger partial charge >= 0.3 is 5.97 Å². The minimum Gasteiger partial charge on any atom is -0.494 e. The molecule has 0 bridgehead atoms. The number of aromatic nitrogens is 3. The Bertz CT molecular complexity index is 1430. The Morgan fingerprint density at radius 2 is 1.02 bits per heavy atom. The number of unbranched alkanes of at least 4 members (excludes halogenated alkanes) is 14. The number of ether oxygens (including phenoxy) is 3. The van der Waals surface area contributed by atoms with Gasteiger partial charge in [0.2, 0.25) is 0 Å². The molecule has 3 aromatic carbocycles. The van der Waals surface area contributed by atoms with Crippen molar-refractivity contribution in [3.05, 3.63) is 84.6 Å². The molecule has 0 saturated carbocycles. The fraction of sp³-hybridized carbons (Fsp3) is 0.488. The van der Waals surface area contributed by atoms with Crippen LogP contribution in [0.2, 0.25) is 0 Å². The molecule has 0 saturated heterocycles. The number of rotatable bonds is 24. The smallest absolute Gasteiger partial charge is 0.343 e. The topological polar surface area (TPSA) is 75.5 Å². The lowest BCUT2D eigenvalue weighted by Gasteiger charge is -2.08. The normalized spacial score (nSPS) is 11.0. The van der Waals surface area contributed by atoms with Gasteiger partial charge in [0.05, 0.1) is 30.7 Å². The molecule has 0 spiro atoms. The van der Waals surface area contributed by atoms with Gasteiger partial charge in [-0.2, -0.15) is 0 Å². The fourth-order valence-electron chi connectivity index (χ4n) is 5.62. The molecule has 7 nitrogen and oxygen atoms in total. The maximum atomic E-state index is 12.7. The Morgan fingerprint density at radius 1 is 0.562 bits per heavy atom. The molecule has 0 aliphatic rings. The average Bonchev–Trinajstić information content (AvgIpc) is 3.61. The van der Waals surface area contributed by atoms with E-state index in [0.717, 1.165) is 47.9 Å². The van der Waals surface area contributed by atoms with Crippen molar-refractivity contribution in [1.82, 2.24) is 15.0 Å². The van der Waals surface area contributed by atoms with Crippen LogP contribution in [0.5, 0.6) is 17.2 Å². The summed E-state index contributed by atoms with van der Waals surface area (Å²) in [4.78, 5) is 12.7. The zero-order valence-corrected chi connectivity index (χ0v) is 29.2. The summed E-state index contributed by atoms with van der Waals surface area (Å²) >= 11 is 0. The van der Waals surface area contributed by atoms with Crippen molar-refractivity contribution in [2.45, 2.75) is 117 Å². The molecule has 1 aromatic heterocycles. The highest BCUT2D eigenvalue weighted by Crippen LogP contribution is 2.23. The number of esters is 1. The van der Waals surface area contributed by atoms with E-state index in [1.165, 1.54) is 89.9 Å². The summed E-state index contributed by atoms with van der Waals surface area (Å²) in [6.07, 6.45) is 22.3. The van der Waals surface area contributed by atoms with Gasteiger partial charge in [-0.3, -0.25) is 0 Å². The molecule has 0 unspecified atom stereocenters. The number of nitrogens with zero attached hydrogens (tertiary/aromatic N) is 3. The van der Waals surface area contributed by atoms with Crippen LogP contribution in [0.4, 0.5) is 0 Å². The van der Waals surface area contributed by atoms with Gasteiger partial charge in [0.15, 0.2) is 0 Å². The minimum absolute atomic E-state index is 0.409. The molecule has 0 fully saturated rings. The number of carbonyl (C=O) groups excluding carboxylic acids is 1. The van der Waals surface area contributed by atoms with Crippen molar-refractivity contribution in [2.24, 2.45) is 0 Å². The third-order valence-corrected chi connectivity index (χ3v) is 8.58. The van der Waals surface area contributed by atoms with E-state index in [4.69, 9.17) is 14.2 Å². The Morgan fingerprint density at radius 3 is 1.54 bits per heavy atom. The van der Waals surface area contributed by atoms with Crippen LogP contribution in [0.15, 0.2) is 79.0 Å². The summed E-state index contributed by atoms with van der Waals surface area (Å²) in [6, 6.07) is 22.4. The second-order valence-corrected chi connectivity index (χ2v) is 12.6. The van der Waals surface area contributed by atoms with Crippen molar-refractivity contribution in [3.8, 4) is 34.2 Å². The summed E-state index contributed by atoms with van der Waals surface area (Å²) in [7, 11) is 0. The molecule has 0 aliphatic heterocycles. The zero-order valence-electron chi connectivity index (χ0n) is 29.2. The van der Waals surface area contributed by atoms with Gasteiger partial charge in [-0.15, -0.1) is 5.10 Å². The molecule has 48 heavy (non-hydrogen) atoms. The van der Waals surface area contributed by atoms with E-state index in [2.05, 4.69) is 24.2 Å². The third-order valence-electron chi connectivity index (χ3n) is 8.58. The molecular formula is C41H55N3O4. The highest BCUT2D eigenvalue weighted by Gasteiger charge is 2.11. The van der Waals surface area contributed by atoms with Crippen molar-refractivity contribution in [3.63, 3.8) is 0 Å². The number of hydrogen-bond acceptors (Lipinski definition) is 6. The van der Waals surface area contributed by atoms with Crippen LogP contribution in [-0.2, 0) is 0 Å². The highest BCUT2D eigenvalue weighted by atomic mass is 16.5. The molecule has 0 radical (unpaired) electrons. The van der Waals surface area contributed by atoms with E-state index >= 15 is 0 Å². The SMILES string of the molecule is CCCCCCCCCCOc1ccc(C(=O)Oc2ccc(-c3cn(-c4ccc(OCCCCCCCCCC)cc4)nn3)cc2)cc1. The van der Waals surface area contributed by atoms with Crippen molar-refractivity contribution < 1.29 is 19.0 Å². The summed E-state index contributed by atoms with van der Waals surface area (Å²) in [6.45, 7) is 5.94. The van der Waals surface area contributed by atoms with Crippen LogP contribution < -0.4 is 14.2 Å². The predicted octanol–water partition coefficient (Wildman–Crippen LogP) is 11.2. The van der Waals surface area contributed by atoms with E-state index in [1.54, 1.807) is 28.9 Å². The van der Waals surface area contributed by atoms with Gasteiger partial charge in [-0.05, 0) is 85.6 Å². The van der Waals surface area contributed by atoms with Gasteiger partial charge < -0.3 is 14.2 Å². The molecule has 7 heteroatoms. The first-order chi connectivity index (χ1) is 23.7. The molecule has 0 N–H and O–H groups in total. The van der Waals surface area contributed by atoms with E-state index < -0.39 is 5.97 Å². The summed E-state index contributed by atoms with van der Waals surface area (Å²) in [5, 5.41) is 8.65. The monoisotopic (exact) mass is 653 g/mol. The lowest BCUT2D eigenvalue weighted by atomic mass is 10.1. The van der Waals surface area contributed by atoms with Crippen LogP contribution in [0.1, 0.15) is 127 Å². The molecular weight excluding hydrogens is 598 g/mol. The van der Waals surface area contributed by atoms with Crippen LogP contribution in [0.25, 0.3) is 16.9 Å². The van der Waals surface area contributed by atoms with Gasteiger partial charge in [0, 0.05) is 5.56 Å². The van der Waals surface area contributed by atoms with Crippen LogP contribution >= 0.6 is 0 Å². The Labute approximate surface area is 288 Å². The molecule has 258 valence electrons. The first-order valence-electron chi connectivity index (χ1n) is 18.4. The lowest BCUT2D eigenvalue weighted by Crippen LogP contribution is -2.08. The van der Waals surface area contributed by atoms with Gasteiger partial charge in [-0.25, -0.2) is 9.48 Å². The Kier molecular flexibility index (Phi) is 16.6. The molecule has 1 heterocycles. The lowest BCUT2D eigenvalue weighted by molar-refractivity contribution is 0.0734. The number of carbonyl (C=O) groups is 1. The second kappa shape index (κ2) is 21.7. The largest absolute Gasteiger partial charge is 0.494 e. The van der Waals surface area contributed by atoms with Crippen LogP contribution in [-0.4, -0.2) is 34.2 Å². The van der Waals surface area contributed by atoms with Gasteiger partial charge in [0.25, 0.3) is 0 Å². The molecule has 0 aliphatic carbocycles. The quantitative estimate of drug-likeness (QED) is 0.0425. The second-order valence-electron chi connectivity index (χ2n) is 12.6. The Balaban J connectivity index is 1.15. The summed E-state index contributed by atoms with van der Waals surface area (Å²) < 4.78 is 19.2. The fourth-order valence-corrected chi connectivity index (χ4v) is 5.62. The Hall–Kier alpha value is -4.13. The van der Waals surface area contributed by atoms with E-state index in [9.17, 15) is 4.79 Å². The van der Waals surface area contributed by atoms with Gasteiger partial charge in [0.1, 0.15) is 22.9 Å². The molecule has 0 atom stereocenters. The first kappa shape index (κ1) is 36.7. The highest BCUT2D eigenvalue weighted by molar-refractivity contribution is 5.91. The van der Waals surface area contributed by atoms with Gasteiger partial charge in [-0.1, -0.05) is 109 Å². The average molecular weight is 654 g/mol. The minimum atomic E-state index is -0.409. The zero-order chi connectivity index (χ0) is 33.7. The van der Waals surface area contributed by atoms with E-state index in [0.29, 0.717) is 17.9 Å². The predicted molar refractivity (Wildman–Crippen MR) is 194 cm³/mol. The first-order valence-corrected chi connectivity index (χ1v) is 18.4. The maximum Gasteiger partial charge on any atom is 0.343 e. The molecule has 0 amide bonds. The van der Waals surface area contributed by atoms with Crippen LogP contribution in [0, 0.1) is 0 Å². The van der Waals surface area contributed by atoms with Crippen molar-refractivity contribution >= 4 is 5.97 Å². The molecule has 4 aromatic rings. The summed E-state index contributed by atoms with van der Waals surface area (Å²) in [5.41, 5.74) is 2.99. The number of hydrogen-bond donors (Lipinski definition) is 0. The number of benzene rings is 3. The molecule has 4 rings (SSSR count). The van der Waals surface area contributed by atoms with Crippen molar-refractivity contribution in [1.29, 1.82) is 0 Å². The van der Waals surface area contributed by atoms with E-state index in [1.807, 2.05) is 54.7 Å². The third kappa shape index (κ3) is 13.2. The van der Waals surface area contributed by atoms with Crippen molar-refractivity contribution in [2.75, 3.05) is 13.2 Å². The summed E-state index contributed by atoms with van der Waals surface area (Å²) in [5.74, 6) is 1.69. The maximum absolute atomic E-state index is 12.7. The standard InChI is InChI=1S/C41H55N3O4/c1-3-5-7-9-11-13-15-17-31-46-37-25-21-35(22-26-37)41(45)48-39-27-19-34(20-28-39)40-33-44(43-42-40)36-23-29-38(30-24-36)47-32-18-16-14-12-10-8-6-4-2/h19-30,33H,3-18,31-32H2,1-2H3. The van der Waals surface area contributed by atoms with E-state index in [-0.39, 0.29) is 0 Å².